The van der Waals surface area contributed by atoms with Crippen molar-refractivity contribution in [3.05, 3.63) is 48.3 Å². The largest absolute Gasteiger partial charge is 0.334 e. The Morgan fingerprint density at radius 2 is 1.80 bits per heavy atom. The molecule has 0 fully saturated rings. The molecule has 25 heavy (non-hydrogen) atoms. The molecule has 3 rings (SSSR count). The quantitative estimate of drug-likeness (QED) is 0.493. The standard InChI is InChI=1S/C21H24N2O2/c1-2-19(24)11-5-3-4-6-12-20-22-21(25-23-20)18-14-13-16-9-7-8-10-17(16)15-18/h7-10,13-15H,2-6,11-12H2,1H3. The maximum Gasteiger partial charge on any atom is 0.257 e. The summed E-state index contributed by atoms with van der Waals surface area (Å²) in [6, 6.07) is 14.4. The van der Waals surface area contributed by atoms with Crippen molar-refractivity contribution in [1.82, 2.24) is 10.1 Å². The van der Waals surface area contributed by atoms with E-state index < -0.39 is 0 Å². The summed E-state index contributed by atoms with van der Waals surface area (Å²) in [5, 5.41) is 6.46. The molecule has 1 aromatic heterocycles. The van der Waals surface area contributed by atoms with Gasteiger partial charge in [-0.05, 0) is 35.7 Å². The highest BCUT2D eigenvalue weighted by molar-refractivity contribution is 5.86. The van der Waals surface area contributed by atoms with Crippen LogP contribution in [0.15, 0.2) is 47.0 Å². The number of benzene rings is 2. The predicted octanol–water partition coefficient (Wildman–Crippen LogP) is 5.36. The van der Waals surface area contributed by atoms with E-state index in [2.05, 4.69) is 34.4 Å². The van der Waals surface area contributed by atoms with Crippen molar-refractivity contribution < 1.29 is 9.32 Å². The summed E-state index contributed by atoms with van der Waals surface area (Å²) in [6.07, 6.45) is 6.38. The molecule has 2 aromatic carbocycles. The highest BCUT2D eigenvalue weighted by atomic mass is 16.5. The van der Waals surface area contributed by atoms with Gasteiger partial charge in [0.25, 0.3) is 5.89 Å². The van der Waals surface area contributed by atoms with Crippen molar-refractivity contribution in [2.24, 2.45) is 0 Å². The highest BCUT2D eigenvalue weighted by Gasteiger charge is 2.09. The lowest BCUT2D eigenvalue weighted by Gasteiger charge is -1.99. The molecule has 0 N–H and O–H groups in total. The Morgan fingerprint density at radius 1 is 1.00 bits per heavy atom. The summed E-state index contributed by atoms with van der Waals surface area (Å²) in [6.45, 7) is 1.92. The molecule has 1 heterocycles. The minimum Gasteiger partial charge on any atom is -0.334 e. The average Bonchev–Trinajstić information content (AvgIpc) is 3.12. The van der Waals surface area contributed by atoms with Crippen molar-refractivity contribution >= 4 is 16.6 Å². The monoisotopic (exact) mass is 336 g/mol. The van der Waals surface area contributed by atoms with Crippen LogP contribution in [-0.4, -0.2) is 15.9 Å². The van der Waals surface area contributed by atoms with E-state index in [4.69, 9.17) is 4.52 Å². The number of hydrogen-bond donors (Lipinski definition) is 0. The molecule has 4 nitrogen and oxygen atoms in total. The summed E-state index contributed by atoms with van der Waals surface area (Å²) in [5.41, 5.74) is 0.954. The number of aryl methyl sites for hydroxylation is 1. The van der Waals surface area contributed by atoms with Gasteiger partial charge in [-0.1, -0.05) is 55.3 Å². The third-order valence-corrected chi connectivity index (χ3v) is 4.46. The van der Waals surface area contributed by atoms with E-state index in [1.165, 1.54) is 10.8 Å². The van der Waals surface area contributed by atoms with Crippen LogP contribution in [-0.2, 0) is 11.2 Å². The second kappa shape index (κ2) is 8.56. The van der Waals surface area contributed by atoms with Gasteiger partial charge >= 0.3 is 0 Å². The number of hydrogen-bond acceptors (Lipinski definition) is 4. The Bertz CT molecular complexity index is 839. The topological polar surface area (TPSA) is 56.0 Å². The molecular weight excluding hydrogens is 312 g/mol. The molecule has 0 saturated heterocycles. The number of nitrogens with zero attached hydrogens (tertiary/aromatic N) is 2. The first kappa shape index (κ1) is 17.3. The van der Waals surface area contributed by atoms with Crippen LogP contribution in [0, 0.1) is 0 Å². The molecule has 0 atom stereocenters. The molecule has 0 aliphatic rings. The van der Waals surface area contributed by atoms with Crippen molar-refractivity contribution in [2.45, 2.75) is 51.9 Å². The third kappa shape index (κ3) is 4.75. The van der Waals surface area contributed by atoms with Crippen LogP contribution >= 0.6 is 0 Å². The van der Waals surface area contributed by atoms with E-state index in [0.29, 0.717) is 24.5 Å². The molecule has 0 aliphatic carbocycles. The lowest BCUT2D eigenvalue weighted by molar-refractivity contribution is -0.118. The fourth-order valence-corrected chi connectivity index (χ4v) is 2.93. The number of carbonyl (C=O) groups is 1. The smallest absolute Gasteiger partial charge is 0.257 e. The number of aromatic nitrogens is 2. The highest BCUT2D eigenvalue weighted by Crippen LogP contribution is 2.23. The summed E-state index contributed by atoms with van der Waals surface area (Å²) >= 11 is 0. The first-order valence-electron chi connectivity index (χ1n) is 9.09. The minimum atomic E-state index is 0.359. The van der Waals surface area contributed by atoms with Crippen LogP contribution < -0.4 is 0 Å². The predicted molar refractivity (Wildman–Crippen MR) is 99.3 cm³/mol. The van der Waals surface area contributed by atoms with Gasteiger partial charge in [0.2, 0.25) is 0 Å². The van der Waals surface area contributed by atoms with Gasteiger partial charge in [0.1, 0.15) is 5.78 Å². The van der Waals surface area contributed by atoms with E-state index in [0.717, 1.165) is 43.5 Å². The van der Waals surface area contributed by atoms with Crippen molar-refractivity contribution in [1.29, 1.82) is 0 Å². The van der Waals surface area contributed by atoms with E-state index in [1.54, 1.807) is 0 Å². The Balaban J connectivity index is 1.51. The molecule has 0 bridgehead atoms. The van der Waals surface area contributed by atoms with Crippen LogP contribution in [0.1, 0.15) is 51.3 Å². The molecule has 0 unspecified atom stereocenters. The molecule has 4 heteroatoms. The second-order valence-corrected chi connectivity index (χ2v) is 6.38. The van der Waals surface area contributed by atoms with Crippen molar-refractivity contribution in [2.75, 3.05) is 0 Å². The number of ketones is 1. The number of fused-ring (bicyclic) bond motifs is 1. The Labute approximate surface area is 148 Å². The van der Waals surface area contributed by atoms with E-state index in [9.17, 15) is 4.79 Å². The summed E-state index contributed by atoms with van der Waals surface area (Å²) in [4.78, 5) is 15.8. The Morgan fingerprint density at radius 3 is 2.64 bits per heavy atom. The number of unbranched alkanes of at least 4 members (excludes halogenated alkanes) is 3. The van der Waals surface area contributed by atoms with Gasteiger partial charge in [0.15, 0.2) is 5.82 Å². The van der Waals surface area contributed by atoms with Crippen molar-refractivity contribution in [3.63, 3.8) is 0 Å². The first-order valence-corrected chi connectivity index (χ1v) is 9.09. The van der Waals surface area contributed by atoms with Crippen LogP contribution in [0.2, 0.25) is 0 Å². The zero-order chi connectivity index (χ0) is 17.5. The maximum atomic E-state index is 11.3. The van der Waals surface area contributed by atoms with Crippen LogP contribution in [0.5, 0.6) is 0 Å². The van der Waals surface area contributed by atoms with E-state index >= 15 is 0 Å². The minimum absolute atomic E-state index is 0.359. The first-order chi connectivity index (χ1) is 12.3. The summed E-state index contributed by atoms with van der Waals surface area (Å²) < 4.78 is 5.42. The molecule has 0 amide bonds. The van der Waals surface area contributed by atoms with E-state index in [-0.39, 0.29) is 0 Å². The van der Waals surface area contributed by atoms with Crippen molar-refractivity contribution in [3.8, 4) is 11.5 Å². The van der Waals surface area contributed by atoms with Gasteiger partial charge in [-0.2, -0.15) is 4.98 Å². The maximum absolute atomic E-state index is 11.3. The molecule has 0 aliphatic heterocycles. The summed E-state index contributed by atoms with van der Waals surface area (Å²) in [5.74, 6) is 1.69. The molecule has 0 saturated carbocycles. The molecule has 0 spiro atoms. The SMILES string of the molecule is CCC(=O)CCCCCCc1noc(-c2ccc3ccccc3c2)n1. The molecule has 3 aromatic rings. The van der Waals surface area contributed by atoms with Gasteiger partial charge in [-0.3, -0.25) is 4.79 Å². The molecule has 130 valence electrons. The normalized spacial score (nSPS) is 11.1. The van der Waals surface area contributed by atoms with E-state index in [1.807, 2.05) is 25.1 Å². The van der Waals surface area contributed by atoms with Gasteiger partial charge in [-0.25, -0.2) is 0 Å². The fourth-order valence-electron chi connectivity index (χ4n) is 2.93. The van der Waals surface area contributed by atoms with Gasteiger partial charge in [-0.15, -0.1) is 0 Å². The Kier molecular flexibility index (Phi) is 5.94. The molecule has 0 radical (unpaired) electrons. The molecular formula is C21H24N2O2. The lowest BCUT2D eigenvalue weighted by Crippen LogP contribution is -1.94. The van der Waals surface area contributed by atoms with Gasteiger partial charge in [0.05, 0.1) is 0 Å². The van der Waals surface area contributed by atoms with Crippen LogP contribution in [0.4, 0.5) is 0 Å². The van der Waals surface area contributed by atoms with Gasteiger partial charge in [0, 0.05) is 24.8 Å². The zero-order valence-corrected chi connectivity index (χ0v) is 14.7. The fraction of sp³-hybridized carbons (Fsp3) is 0.381. The van der Waals surface area contributed by atoms with Crippen LogP contribution in [0.3, 0.4) is 0 Å². The second-order valence-electron chi connectivity index (χ2n) is 6.38. The summed E-state index contributed by atoms with van der Waals surface area (Å²) in [7, 11) is 0. The number of carbonyl (C=O) groups excluding carboxylic acids is 1. The van der Waals surface area contributed by atoms with Crippen LogP contribution in [0.25, 0.3) is 22.2 Å². The lowest BCUT2D eigenvalue weighted by atomic mass is 10.1. The average molecular weight is 336 g/mol. The Hall–Kier alpha value is -2.49. The zero-order valence-electron chi connectivity index (χ0n) is 14.7. The van der Waals surface area contributed by atoms with Gasteiger partial charge < -0.3 is 4.52 Å². The number of rotatable bonds is 9. The number of Topliss-reactive ketones (excluding diaryl/α,β-unsaturated/α-hetero) is 1. The third-order valence-electron chi connectivity index (χ3n) is 4.46.